The molecule has 140 valence electrons. The van der Waals surface area contributed by atoms with Gasteiger partial charge < -0.3 is 4.90 Å². The number of rotatable bonds is 13. The Morgan fingerprint density at radius 3 is 1.38 bits per heavy atom. The summed E-state index contributed by atoms with van der Waals surface area (Å²) in [6.45, 7) is 10.9. The molecule has 2 heteroatoms. The smallest absolute Gasteiger partial charge is 0.0474 e. The van der Waals surface area contributed by atoms with Crippen molar-refractivity contribution in [3.05, 3.63) is 35.9 Å². The van der Waals surface area contributed by atoms with Gasteiger partial charge >= 0.3 is 0 Å². The largest absolute Gasteiger partial charge is 0.303 e. The van der Waals surface area contributed by atoms with Crippen molar-refractivity contribution in [1.29, 1.82) is 0 Å². The van der Waals surface area contributed by atoms with Crippen LogP contribution in [-0.4, -0.2) is 24.5 Å². The van der Waals surface area contributed by atoms with E-state index in [1.54, 1.807) is 0 Å². The Morgan fingerprint density at radius 2 is 1.08 bits per heavy atom. The van der Waals surface area contributed by atoms with Crippen LogP contribution in [0.4, 0.5) is 0 Å². The van der Waals surface area contributed by atoms with Crippen molar-refractivity contribution in [2.45, 2.75) is 84.4 Å². The number of nitrogens with zero attached hydrogens (tertiary/aromatic N) is 1. The maximum Gasteiger partial charge on any atom is 0.0474 e. The van der Waals surface area contributed by atoms with Crippen LogP contribution in [0.1, 0.15) is 84.1 Å². The van der Waals surface area contributed by atoms with E-state index in [0.29, 0.717) is 5.88 Å². The number of benzene rings is 1. The molecule has 24 heavy (non-hydrogen) atoms. The normalized spacial score (nSPS) is 10.5. The maximum atomic E-state index is 5.53. The second-order valence-electron chi connectivity index (χ2n) is 6.58. The quantitative estimate of drug-likeness (QED) is 0.266. The molecule has 0 heterocycles. The summed E-state index contributed by atoms with van der Waals surface area (Å²) in [5.74, 6) is 0.612. The van der Waals surface area contributed by atoms with Crippen molar-refractivity contribution in [3.63, 3.8) is 0 Å². The van der Waals surface area contributed by atoms with Crippen LogP contribution in [0.25, 0.3) is 0 Å². The Hall–Kier alpha value is -0.530. The summed E-state index contributed by atoms with van der Waals surface area (Å²) in [5, 5.41) is 0. The summed E-state index contributed by atoms with van der Waals surface area (Å²) < 4.78 is 0. The van der Waals surface area contributed by atoms with Crippen LogP contribution in [-0.2, 0) is 5.88 Å². The summed E-state index contributed by atoms with van der Waals surface area (Å²) >= 11 is 5.53. The lowest BCUT2D eigenvalue weighted by Gasteiger charge is -2.22. The van der Waals surface area contributed by atoms with Gasteiger partial charge in [-0.15, -0.1) is 11.6 Å². The highest BCUT2D eigenvalue weighted by atomic mass is 35.5. The minimum Gasteiger partial charge on any atom is -0.303 e. The lowest BCUT2D eigenvalue weighted by molar-refractivity contribution is 0.256. The summed E-state index contributed by atoms with van der Waals surface area (Å²) in [5.41, 5.74) is 1.18. The third-order valence-electron chi connectivity index (χ3n) is 4.23. The first-order valence-corrected chi connectivity index (χ1v) is 10.6. The Kier molecular flexibility index (Phi) is 18.4. The fourth-order valence-corrected chi connectivity index (χ4v) is 2.84. The number of halogens is 1. The van der Waals surface area contributed by atoms with Crippen LogP contribution in [0.5, 0.6) is 0 Å². The Labute approximate surface area is 156 Å². The fourth-order valence-electron chi connectivity index (χ4n) is 2.66. The van der Waals surface area contributed by atoms with Crippen LogP contribution >= 0.6 is 11.6 Å². The average molecular weight is 354 g/mol. The van der Waals surface area contributed by atoms with E-state index in [9.17, 15) is 0 Å². The average Bonchev–Trinajstić information content (AvgIpc) is 2.63. The van der Waals surface area contributed by atoms with Crippen LogP contribution in [0.15, 0.2) is 30.3 Å². The molecule has 0 unspecified atom stereocenters. The zero-order chi connectivity index (χ0) is 17.9. The predicted octanol–water partition coefficient (Wildman–Crippen LogP) is 7.28. The molecule has 0 radical (unpaired) electrons. The van der Waals surface area contributed by atoms with Crippen molar-refractivity contribution in [2.75, 3.05) is 19.6 Å². The van der Waals surface area contributed by atoms with Crippen molar-refractivity contribution >= 4 is 11.6 Å². The second kappa shape index (κ2) is 18.8. The first-order valence-electron chi connectivity index (χ1n) is 10.1. The molecule has 0 aliphatic carbocycles. The molecule has 0 fully saturated rings. The summed E-state index contributed by atoms with van der Waals surface area (Å²) in [6.07, 6.45) is 12.4. The van der Waals surface area contributed by atoms with E-state index in [0.717, 1.165) is 0 Å². The Bertz CT molecular complexity index is 315. The maximum absolute atomic E-state index is 5.53. The van der Waals surface area contributed by atoms with E-state index in [1.165, 1.54) is 83.0 Å². The van der Waals surface area contributed by atoms with Gasteiger partial charge in [-0.2, -0.15) is 0 Å². The summed E-state index contributed by atoms with van der Waals surface area (Å²) in [7, 11) is 0. The molecule has 0 amide bonds. The predicted molar refractivity (Wildman–Crippen MR) is 111 cm³/mol. The van der Waals surface area contributed by atoms with E-state index >= 15 is 0 Å². The number of hydrogen-bond acceptors (Lipinski definition) is 1. The van der Waals surface area contributed by atoms with Gasteiger partial charge in [0.15, 0.2) is 0 Å². The van der Waals surface area contributed by atoms with E-state index in [-0.39, 0.29) is 0 Å². The van der Waals surface area contributed by atoms with Gasteiger partial charge in [0.2, 0.25) is 0 Å². The summed E-state index contributed by atoms with van der Waals surface area (Å²) in [6, 6.07) is 9.96. The molecule has 0 aromatic heterocycles. The minimum atomic E-state index is 0.612. The third-order valence-corrected chi connectivity index (χ3v) is 4.54. The van der Waals surface area contributed by atoms with Crippen molar-refractivity contribution in [1.82, 2.24) is 4.90 Å². The Balaban J connectivity index is 0.000000546. The van der Waals surface area contributed by atoms with Gasteiger partial charge in [-0.3, -0.25) is 0 Å². The molecular weight excluding hydrogens is 314 g/mol. The van der Waals surface area contributed by atoms with Gasteiger partial charge in [-0.1, -0.05) is 89.6 Å². The highest BCUT2D eigenvalue weighted by Crippen LogP contribution is 2.05. The van der Waals surface area contributed by atoms with E-state index < -0.39 is 0 Å². The lowest BCUT2D eigenvalue weighted by Crippen LogP contribution is -2.27. The van der Waals surface area contributed by atoms with E-state index in [2.05, 4.69) is 25.7 Å². The van der Waals surface area contributed by atoms with Gasteiger partial charge in [-0.25, -0.2) is 0 Å². The minimum absolute atomic E-state index is 0.612. The molecule has 1 aromatic carbocycles. The monoisotopic (exact) mass is 353 g/mol. The number of unbranched alkanes of at least 4 members (excludes halogenated alkanes) is 6. The first kappa shape index (κ1) is 23.5. The standard InChI is InChI=1S/C15H33N.C7H7Cl/c1-4-7-10-13-16(14-11-8-5-2)15-12-9-6-3;8-6-7-4-2-1-3-5-7/h4-15H2,1-3H3;1-5H,6H2. The topological polar surface area (TPSA) is 3.24 Å². The Morgan fingerprint density at radius 1 is 0.667 bits per heavy atom. The molecule has 0 atom stereocenters. The van der Waals surface area contributed by atoms with Crippen molar-refractivity contribution < 1.29 is 0 Å². The van der Waals surface area contributed by atoms with Crippen LogP contribution in [0.3, 0.4) is 0 Å². The van der Waals surface area contributed by atoms with E-state index in [1.807, 2.05) is 30.3 Å². The first-order chi connectivity index (χ1) is 11.8. The van der Waals surface area contributed by atoms with Gasteiger partial charge in [-0.05, 0) is 44.5 Å². The molecule has 1 aromatic rings. The second-order valence-corrected chi connectivity index (χ2v) is 6.85. The SMILES string of the molecule is CCCCCN(CCCCC)CCCCC.ClCc1ccccc1. The van der Waals surface area contributed by atoms with Gasteiger partial charge in [0.1, 0.15) is 0 Å². The molecule has 0 saturated carbocycles. The highest BCUT2D eigenvalue weighted by Gasteiger charge is 2.03. The highest BCUT2D eigenvalue weighted by molar-refractivity contribution is 6.17. The number of alkyl halides is 1. The van der Waals surface area contributed by atoms with Crippen LogP contribution in [0.2, 0.25) is 0 Å². The number of hydrogen-bond donors (Lipinski definition) is 0. The van der Waals surface area contributed by atoms with Crippen LogP contribution < -0.4 is 0 Å². The molecule has 1 rings (SSSR count). The third kappa shape index (κ3) is 15.0. The molecule has 0 aliphatic rings. The lowest BCUT2D eigenvalue weighted by atomic mass is 10.2. The molecule has 0 aliphatic heterocycles. The molecule has 0 saturated heterocycles. The molecule has 0 spiro atoms. The molecular formula is C22H40ClN. The molecule has 0 N–H and O–H groups in total. The van der Waals surface area contributed by atoms with Gasteiger partial charge in [0.05, 0.1) is 0 Å². The van der Waals surface area contributed by atoms with Gasteiger partial charge in [0, 0.05) is 5.88 Å². The molecule has 0 bridgehead atoms. The zero-order valence-electron chi connectivity index (χ0n) is 16.4. The van der Waals surface area contributed by atoms with Crippen LogP contribution in [0, 0.1) is 0 Å². The van der Waals surface area contributed by atoms with Gasteiger partial charge in [0.25, 0.3) is 0 Å². The zero-order valence-corrected chi connectivity index (χ0v) is 17.2. The summed E-state index contributed by atoms with van der Waals surface area (Å²) in [4.78, 5) is 2.70. The van der Waals surface area contributed by atoms with Crippen molar-refractivity contribution in [3.8, 4) is 0 Å². The van der Waals surface area contributed by atoms with Crippen molar-refractivity contribution in [2.24, 2.45) is 0 Å². The van der Waals surface area contributed by atoms with E-state index in [4.69, 9.17) is 11.6 Å². The molecule has 1 nitrogen and oxygen atoms in total. The fraction of sp³-hybridized carbons (Fsp3) is 0.727.